The number of halogens is 1. The molecule has 0 aliphatic carbocycles. The number of nitrogens with two attached hydrogens (primary N) is 1. The lowest BCUT2D eigenvalue weighted by molar-refractivity contribution is 0.351. The Hall–Kier alpha value is -0.930. The first-order chi connectivity index (χ1) is 8.86. The molecule has 0 saturated carbocycles. The van der Waals surface area contributed by atoms with Crippen molar-refractivity contribution in [2.45, 2.75) is 33.1 Å². The Morgan fingerprint density at radius 3 is 2.53 bits per heavy atom. The van der Waals surface area contributed by atoms with Crippen LogP contribution >= 0.6 is 0 Å². The van der Waals surface area contributed by atoms with E-state index in [0.717, 1.165) is 18.7 Å². The summed E-state index contributed by atoms with van der Waals surface area (Å²) in [7, 11) is 0. The van der Waals surface area contributed by atoms with Gasteiger partial charge in [0.05, 0.1) is 0 Å². The maximum absolute atomic E-state index is 13.3. The van der Waals surface area contributed by atoms with Crippen molar-refractivity contribution in [2.75, 3.05) is 19.6 Å². The van der Waals surface area contributed by atoms with Crippen molar-refractivity contribution in [3.63, 3.8) is 0 Å². The molecule has 1 rings (SSSR count). The Balaban J connectivity index is 2.56. The van der Waals surface area contributed by atoms with Gasteiger partial charge in [0, 0.05) is 12.0 Å². The van der Waals surface area contributed by atoms with Crippen LogP contribution in [0.5, 0.6) is 0 Å². The summed E-state index contributed by atoms with van der Waals surface area (Å²) in [4.78, 5) is 0. The smallest absolute Gasteiger partial charge is 0.123 e. The van der Waals surface area contributed by atoms with Crippen LogP contribution in [0.25, 0.3) is 0 Å². The van der Waals surface area contributed by atoms with Gasteiger partial charge in [-0.3, -0.25) is 0 Å². The molecule has 3 heteroatoms. The van der Waals surface area contributed by atoms with Gasteiger partial charge < -0.3 is 11.1 Å². The van der Waals surface area contributed by atoms with E-state index >= 15 is 0 Å². The van der Waals surface area contributed by atoms with Crippen molar-refractivity contribution in [3.05, 3.63) is 35.6 Å². The van der Waals surface area contributed by atoms with Crippen molar-refractivity contribution in [1.29, 1.82) is 0 Å². The highest BCUT2D eigenvalue weighted by molar-refractivity contribution is 5.24. The van der Waals surface area contributed by atoms with Crippen molar-refractivity contribution < 1.29 is 4.39 Å². The lowest BCUT2D eigenvalue weighted by Crippen LogP contribution is -2.38. The molecule has 1 aromatic rings. The minimum atomic E-state index is -0.174. The summed E-state index contributed by atoms with van der Waals surface area (Å²) in [5.41, 5.74) is 6.70. The first kappa shape index (κ1) is 16.1. The second kappa shape index (κ2) is 7.01. The zero-order valence-electron chi connectivity index (χ0n) is 12.5. The first-order valence-corrected chi connectivity index (χ1v) is 7.03. The topological polar surface area (TPSA) is 38.0 Å². The van der Waals surface area contributed by atoms with Gasteiger partial charge in [-0.15, -0.1) is 0 Å². The van der Waals surface area contributed by atoms with Gasteiger partial charge in [-0.05, 0) is 42.6 Å². The lowest BCUT2D eigenvalue weighted by atomic mass is 9.84. The molecule has 3 N–H and O–H groups in total. The average Bonchev–Trinajstić information content (AvgIpc) is 2.34. The SMILES string of the molecule is CC(C)C(CN)CNCC(C)(C)c1cccc(F)c1. The van der Waals surface area contributed by atoms with Crippen LogP contribution in [-0.4, -0.2) is 19.6 Å². The Kier molecular flexibility index (Phi) is 5.95. The van der Waals surface area contributed by atoms with Crippen LogP contribution in [0.2, 0.25) is 0 Å². The molecule has 108 valence electrons. The summed E-state index contributed by atoms with van der Waals surface area (Å²) in [6, 6.07) is 6.84. The normalized spacial score (nSPS) is 13.8. The summed E-state index contributed by atoms with van der Waals surface area (Å²) in [5, 5.41) is 3.47. The van der Waals surface area contributed by atoms with Crippen molar-refractivity contribution in [2.24, 2.45) is 17.6 Å². The minimum absolute atomic E-state index is 0.0851. The van der Waals surface area contributed by atoms with E-state index in [9.17, 15) is 4.39 Å². The average molecular weight is 266 g/mol. The number of hydrogen-bond donors (Lipinski definition) is 2. The third-order valence-electron chi connectivity index (χ3n) is 3.83. The molecule has 2 nitrogen and oxygen atoms in total. The molecule has 1 atom stereocenters. The van der Waals surface area contributed by atoms with Gasteiger partial charge in [0.25, 0.3) is 0 Å². The highest BCUT2D eigenvalue weighted by Gasteiger charge is 2.21. The predicted molar refractivity (Wildman–Crippen MR) is 79.7 cm³/mol. The molecule has 0 fully saturated rings. The molecule has 1 unspecified atom stereocenters. The van der Waals surface area contributed by atoms with Crippen LogP contribution in [0, 0.1) is 17.7 Å². The highest BCUT2D eigenvalue weighted by Crippen LogP contribution is 2.23. The second-order valence-corrected chi connectivity index (χ2v) is 6.26. The van der Waals surface area contributed by atoms with E-state index in [-0.39, 0.29) is 11.2 Å². The second-order valence-electron chi connectivity index (χ2n) is 6.26. The molecule has 0 bridgehead atoms. The maximum atomic E-state index is 13.3. The zero-order chi connectivity index (χ0) is 14.5. The van der Waals surface area contributed by atoms with Gasteiger partial charge in [0.1, 0.15) is 5.82 Å². The van der Waals surface area contributed by atoms with Gasteiger partial charge >= 0.3 is 0 Å². The summed E-state index contributed by atoms with van der Waals surface area (Å²) in [6.45, 7) is 11.1. The largest absolute Gasteiger partial charge is 0.330 e. The molecule has 0 radical (unpaired) electrons. The van der Waals surface area contributed by atoms with Crippen LogP contribution in [0.4, 0.5) is 4.39 Å². The van der Waals surface area contributed by atoms with E-state index in [2.05, 4.69) is 33.0 Å². The Morgan fingerprint density at radius 1 is 1.32 bits per heavy atom. The van der Waals surface area contributed by atoms with Crippen molar-refractivity contribution >= 4 is 0 Å². The van der Waals surface area contributed by atoms with Gasteiger partial charge in [-0.2, -0.15) is 0 Å². The zero-order valence-corrected chi connectivity index (χ0v) is 12.5. The van der Waals surface area contributed by atoms with Gasteiger partial charge in [0.15, 0.2) is 0 Å². The number of hydrogen-bond acceptors (Lipinski definition) is 2. The standard InChI is InChI=1S/C16H27FN2/c1-12(2)13(9-18)10-19-11-16(3,4)14-6-5-7-15(17)8-14/h5-8,12-13,19H,9-11,18H2,1-4H3. The molecular formula is C16H27FN2. The molecular weight excluding hydrogens is 239 g/mol. The van der Waals surface area contributed by atoms with E-state index in [1.165, 1.54) is 6.07 Å². The summed E-state index contributed by atoms with van der Waals surface area (Å²) in [6.07, 6.45) is 0. The molecule has 0 aromatic heterocycles. The van der Waals surface area contributed by atoms with Gasteiger partial charge in [-0.25, -0.2) is 4.39 Å². The quantitative estimate of drug-likeness (QED) is 0.796. The van der Waals surface area contributed by atoms with Crippen LogP contribution in [0.1, 0.15) is 33.3 Å². The number of benzene rings is 1. The number of rotatable bonds is 7. The Labute approximate surface area is 116 Å². The molecule has 1 aromatic carbocycles. The monoisotopic (exact) mass is 266 g/mol. The fourth-order valence-electron chi connectivity index (χ4n) is 2.17. The fourth-order valence-corrected chi connectivity index (χ4v) is 2.17. The van der Waals surface area contributed by atoms with Crippen LogP contribution in [0.3, 0.4) is 0 Å². The summed E-state index contributed by atoms with van der Waals surface area (Å²) < 4.78 is 13.3. The third-order valence-corrected chi connectivity index (χ3v) is 3.83. The molecule has 0 heterocycles. The molecule has 0 aliphatic heterocycles. The van der Waals surface area contributed by atoms with E-state index in [1.54, 1.807) is 12.1 Å². The lowest BCUT2D eigenvalue weighted by Gasteiger charge is -2.28. The Morgan fingerprint density at radius 2 is 2.00 bits per heavy atom. The van der Waals surface area contributed by atoms with E-state index in [4.69, 9.17) is 5.73 Å². The Bertz CT molecular complexity index is 388. The maximum Gasteiger partial charge on any atom is 0.123 e. The molecule has 19 heavy (non-hydrogen) atoms. The fraction of sp³-hybridized carbons (Fsp3) is 0.625. The van der Waals surface area contributed by atoms with Crippen LogP contribution < -0.4 is 11.1 Å². The van der Waals surface area contributed by atoms with E-state index in [1.807, 2.05) is 6.07 Å². The highest BCUT2D eigenvalue weighted by atomic mass is 19.1. The summed E-state index contributed by atoms with van der Waals surface area (Å²) in [5.74, 6) is 0.894. The minimum Gasteiger partial charge on any atom is -0.330 e. The molecule has 0 aliphatic rings. The van der Waals surface area contributed by atoms with Crippen LogP contribution in [0.15, 0.2) is 24.3 Å². The van der Waals surface area contributed by atoms with Gasteiger partial charge in [-0.1, -0.05) is 39.8 Å². The predicted octanol–water partition coefficient (Wildman–Crippen LogP) is 2.92. The molecule has 0 saturated heterocycles. The first-order valence-electron chi connectivity index (χ1n) is 7.03. The van der Waals surface area contributed by atoms with E-state index < -0.39 is 0 Å². The van der Waals surface area contributed by atoms with E-state index in [0.29, 0.717) is 18.4 Å². The van der Waals surface area contributed by atoms with Crippen LogP contribution in [-0.2, 0) is 5.41 Å². The number of nitrogens with one attached hydrogen (secondary N) is 1. The molecule has 0 amide bonds. The molecule has 0 spiro atoms. The summed E-state index contributed by atoms with van der Waals surface area (Å²) >= 11 is 0. The van der Waals surface area contributed by atoms with Crippen molar-refractivity contribution in [3.8, 4) is 0 Å². The van der Waals surface area contributed by atoms with Crippen molar-refractivity contribution in [1.82, 2.24) is 5.32 Å². The van der Waals surface area contributed by atoms with Gasteiger partial charge in [0.2, 0.25) is 0 Å². The third kappa shape index (κ3) is 4.92.